The number of aromatic nitrogens is 2. The van der Waals surface area contributed by atoms with E-state index in [1.165, 1.54) is 88.8 Å². The third-order valence-corrected chi connectivity index (χ3v) is 10.7. The molecule has 238 valence electrons. The van der Waals surface area contributed by atoms with Gasteiger partial charge in [-0.15, -0.1) is 0 Å². The second-order valence-electron chi connectivity index (χ2n) is 16.0. The summed E-state index contributed by atoms with van der Waals surface area (Å²) in [5, 5.41) is 5.14. The van der Waals surface area contributed by atoms with Crippen LogP contribution in [0, 0.1) is 0 Å². The smallest absolute Gasteiger partial charge is 0.158 e. The van der Waals surface area contributed by atoms with E-state index in [1.54, 1.807) is 0 Å². The maximum absolute atomic E-state index is 2.49. The first-order valence-corrected chi connectivity index (χ1v) is 17.6. The minimum atomic E-state index is 0.0407. The molecule has 2 nitrogen and oxygen atoms in total. The zero-order valence-corrected chi connectivity index (χ0v) is 29.3. The first-order valence-electron chi connectivity index (χ1n) is 17.6. The lowest BCUT2D eigenvalue weighted by molar-refractivity contribution is -0.597. The summed E-state index contributed by atoms with van der Waals surface area (Å²) in [4.78, 5) is 0. The molecule has 0 N–H and O–H groups in total. The fourth-order valence-electron chi connectivity index (χ4n) is 7.91. The molecule has 0 radical (unpaired) electrons. The molecule has 0 aliphatic carbocycles. The zero-order valence-electron chi connectivity index (χ0n) is 29.3. The highest BCUT2D eigenvalue weighted by Gasteiger charge is 2.42. The van der Waals surface area contributed by atoms with Crippen molar-refractivity contribution in [2.45, 2.75) is 58.8 Å². The molecular formula is C47H42N2+2. The van der Waals surface area contributed by atoms with Gasteiger partial charge in [-0.05, 0) is 78.4 Å². The first-order chi connectivity index (χ1) is 23.5. The quantitative estimate of drug-likeness (QED) is 0.125. The molecule has 0 spiro atoms. The number of pyridine rings is 2. The topological polar surface area (TPSA) is 7.76 Å². The molecule has 0 atom stereocenters. The van der Waals surface area contributed by atoms with Crippen LogP contribution in [0.15, 0.2) is 134 Å². The van der Waals surface area contributed by atoms with E-state index in [0.29, 0.717) is 0 Å². The lowest BCUT2D eigenvalue weighted by atomic mass is 9.81. The molecule has 2 aliphatic heterocycles. The Morgan fingerprint density at radius 1 is 0.469 bits per heavy atom. The van der Waals surface area contributed by atoms with Crippen molar-refractivity contribution in [2.24, 2.45) is 0 Å². The molecule has 2 aromatic heterocycles. The molecule has 0 fully saturated rings. The Labute approximate surface area is 289 Å². The van der Waals surface area contributed by atoms with E-state index in [0.717, 1.165) is 6.42 Å². The van der Waals surface area contributed by atoms with Crippen LogP contribution in [0.1, 0.15) is 63.8 Å². The van der Waals surface area contributed by atoms with Crippen LogP contribution in [0.2, 0.25) is 0 Å². The summed E-state index contributed by atoms with van der Waals surface area (Å²) in [6.45, 7) is 13.9. The van der Waals surface area contributed by atoms with Crippen molar-refractivity contribution >= 4 is 32.9 Å². The van der Waals surface area contributed by atoms with Gasteiger partial charge in [-0.25, -0.2) is 0 Å². The van der Waals surface area contributed by atoms with Gasteiger partial charge in [-0.1, -0.05) is 120 Å². The highest BCUT2D eigenvalue weighted by molar-refractivity contribution is 6.10. The van der Waals surface area contributed by atoms with Gasteiger partial charge in [0.2, 0.25) is 11.4 Å². The molecule has 49 heavy (non-hydrogen) atoms. The van der Waals surface area contributed by atoms with Crippen LogP contribution >= 0.6 is 0 Å². The Morgan fingerprint density at radius 2 is 1.16 bits per heavy atom. The number of hydrogen-bond donors (Lipinski definition) is 0. The molecule has 5 aromatic carbocycles. The number of rotatable bonds is 1. The minimum Gasteiger partial charge on any atom is -0.158 e. The maximum Gasteiger partial charge on any atom is 0.287 e. The molecule has 0 saturated carbocycles. The van der Waals surface area contributed by atoms with E-state index < -0.39 is 0 Å². The molecule has 7 aromatic rings. The Balaban J connectivity index is 1.36. The van der Waals surface area contributed by atoms with E-state index in [2.05, 4.69) is 184 Å². The second kappa shape index (κ2) is 10.6. The largest absolute Gasteiger partial charge is 0.287 e. The maximum atomic E-state index is 2.49. The molecule has 0 bridgehead atoms. The molecule has 0 saturated heterocycles. The van der Waals surface area contributed by atoms with Crippen molar-refractivity contribution in [3.63, 3.8) is 0 Å². The third-order valence-electron chi connectivity index (χ3n) is 10.7. The number of fused-ring (bicyclic) bond motifs is 9. The molecule has 2 aliphatic rings. The monoisotopic (exact) mass is 634 g/mol. The normalized spacial score (nSPS) is 15.2. The molecule has 0 amide bonds. The number of allylic oxidation sites excluding steroid dienone is 1. The summed E-state index contributed by atoms with van der Waals surface area (Å²) in [5.41, 5.74) is 15.7. The van der Waals surface area contributed by atoms with Crippen molar-refractivity contribution in [1.29, 1.82) is 0 Å². The predicted octanol–water partition coefficient (Wildman–Crippen LogP) is 10.9. The fourth-order valence-corrected chi connectivity index (χ4v) is 7.91. The van der Waals surface area contributed by atoms with Gasteiger partial charge in [-0.2, -0.15) is 9.13 Å². The molecule has 9 rings (SSSR count). The van der Waals surface area contributed by atoms with Gasteiger partial charge in [-0.3, -0.25) is 0 Å². The second-order valence-corrected chi connectivity index (χ2v) is 16.0. The van der Waals surface area contributed by atoms with E-state index in [1.807, 2.05) is 0 Å². The zero-order chi connectivity index (χ0) is 33.7. The van der Waals surface area contributed by atoms with E-state index in [9.17, 15) is 0 Å². The first kappa shape index (κ1) is 29.8. The number of hydrogen-bond acceptors (Lipinski definition) is 0. The van der Waals surface area contributed by atoms with Crippen LogP contribution in [-0.4, -0.2) is 0 Å². The van der Waals surface area contributed by atoms with Crippen molar-refractivity contribution in [3.05, 3.63) is 156 Å². The van der Waals surface area contributed by atoms with E-state index in [-0.39, 0.29) is 10.8 Å². The van der Waals surface area contributed by atoms with Crippen LogP contribution in [0.3, 0.4) is 0 Å². The summed E-state index contributed by atoms with van der Waals surface area (Å²) < 4.78 is 4.94. The highest BCUT2D eigenvalue weighted by atomic mass is 15.1. The standard InChI is InChI=1S/C47H42N2/c1-46(2,3)35-19-18-34-26-44(48-23-21-36(47(4,5)6)28-43(48)39(34)27-35)45-41-24-33-17-16-31-14-10-11-15-37(31)38(33)29-40(41)42-25-32(20-22-49(42)45)30-12-8-7-9-13-30/h7-25,27-29H,26H2,1-6H3/q+2/b45-44+. The lowest BCUT2D eigenvalue weighted by Crippen LogP contribution is -2.44. The van der Waals surface area contributed by atoms with E-state index in [4.69, 9.17) is 0 Å². The SMILES string of the molecule is CC(C)(C)c1ccc2c(c1)-c1cc(C(C)(C)C)cc[n+]1/C(=C1\c3cc4ccc5ccccc5c4cc3-c3cc(-c4ccccc4)cc[n+]31)C2. The molecular weight excluding hydrogens is 593 g/mol. The summed E-state index contributed by atoms with van der Waals surface area (Å²) in [7, 11) is 0. The van der Waals surface area contributed by atoms with Gasteiger partial charge in [0.05, 0.1) is 23.1 Å². The average molecular weight is 635 g/mol. The number of nitrogens with zero attached hydrogens (tertiary/aromatic N) is 2. The summed E-state index contributed by atoms with van der Waals surface area (Å²) >= 11 is 0. The fraction of sp³-hybridized carbons (Fsp3) is 0.191. The molecule has 2 heteroatoms. The predicted molar refractivity (Wildman–Crippen MR) is 204 cm³/mol. The summed E-state index contributed by atoms with van der Waals surface area (Å²) in [5.74, 6) is 0. The summed E-state index contributed by atoms with van der Waals surface area (Å²) in [6.07, 6.45) is 5.48. The van der Waals surface area contributed by atoms with Crippen LogP contribution in [0.5, 0.6) is 0 Å². The summed E-state index contributed by atoms with van der Waals surface area (Å²) in [6, 6.07) is 45.6. The Morgan fingerprint density at radius 3 is 1.96 bits per heavy atom. The van der Waals surface area contributed by atoms with Gasteiger partial charge in [0, 0.05) is 24.3 Å². The van der Waals surface area contributed by atoms with Crippen LogP contribution in [0.4, 0.5) is 0 Å². The van der Waals surface area contributed by atoms with Crippen LogP contribution in [-0.2, 0) is 17.3 Å². The van der Waals surface area contributed by atoms with E-state index >= 15 is 0 Å². The van der Waals surface area contributed by atoms with Crippen molar-refractivity contribution in [1.82, 2.24) is 0 Å². The molecule has 0 unspecified atom stereocenters. The Kier molecular flexibility index (Phi) is 6.43. The van der Waals surface area contributed by atoms with Crippen molar-refractivity contribution in [3.8, 4) is 33.6 Å². The van der Waals surface area contributed by atoms with Gasteiger partial charge in [0.25, 0.3) is 11.4 Å². The van der Waals surface area contributed by atoms with Gasteiger partial charge in [0.15, 0.2) is 12.4 Å². The molecule has 4 heterocycles. The average Bonchev–Trinajstić information content (AvgIpc) is 3.41. The number of benzene rings is 5. The van der Waals surface area contributed by atoms with Gasteiger partial charge < -0.3 is 0 Å². The van der Waals surface area contributed by atoms with Crippen molar-refractivity contribution in [2.75, 3.05) is 0 Å². The van der Waals surface area contributed by atoms with Crippen LogP contribution in [0.25, 0.3) is 66.6 Å². The van der Waals surface area contributed by atoms with Gasteiger partial charge in [0.1, 0.15) is 0 Å². The Bertz CT molecular complexity index is 2520. The Hall–Kier alpha value is -5.34. The third kappa shape index (κ3) is 4.76. The lowest BCUT2D eigenvalue weighted by Gasteiger charge is -2.24. The van der Waals surface area contributed by atoms with Crippen LogP contribution < -0.4 is 9.13 Å². The minimum absolute atomic E-state index is 0.0407. The highest BCUT2D eigenvalue weighted by Crippen LogP contribution is 2.43. The van der Waals surface area contributed by atoms with Gasteiger partial charge >= 0.3 is 0 Å². The van der Waals surface area contributed by atoms with Crippen molar-refractivity contribution < 1.29 is 9.13 Å².